The molecule has 1 atom stereocenters. The molecule has 0 saturated heterocycles. The van der Waals surface area contributed by atoms with Gasteiger partial charge in [-0.25, -0.2) is 0 Å². The molecule has 1 unspecified atom stereocenters. The molecule has 1 aromatic carbocycles. The van der Waals surface area contributed by atoms with Crippen molar-refractivity contribution < 1.29 is 0 Å². The summed E-state index contributed by atoms with van der Waals surface area (Å²) in [5.74, 6) is 0. The van der Waals surface area contributed by atoms with Crippen LogP contribution in [0.3, 0.4) is 0 Å². The summed E-state index contributed by atoms with van der Waals surface area (Å²) in [7, 11) is 0. The molecule has 0 N–H and O–H groups in total. The molecule has 0 heterocycles. The van der Waals surface area contributed by atoms with E-state index < -0.39 is 0 Å². The molecule has 0 aliphatic carbocycles. The first-order valence-electron chi connectivity index (χ1n) is 2.82. The van der Waals surface area contributed by atoms with Crippen molar-refractivity contribution in [2.45, 2.75) is 13.8 Å². The van der Waals surface area contributed by atoms with Gasteiger partial charge in [0.2, 0.25) is 0 Å². The zero-order valence-electron chi connectivity index (χ0n) is 6.02. The van der Waals surface area contributed by atoms with Crippen LogP contribution in [-0.4, -0.2) is 18.0 Å². The van der Waals surface area contributed by atoms with E-state index in [1.165, 1.54) is 11.1 Å². The molecule has 0 aliphatic rings. The number of benzene rings is 1. The molecule has 0 amide bonds. The summed E-state index contributed by atoms with van der Waals surface area (Å²) in [5.41, 5.74) is 2.66. The molecule has 0 aliphatic heterocycles. The normalized spacial score (nSPS) is 8.22. The van der Waals surface area contributed by atoms with E-state index in [4.69, 9.17) is 0 Å². The van der Waals surface area contributed by atoms with E-state index in [1.54, 1.807) is 0 Å². The number of hydrogen-bond acceptors (Lipinski definition) is 0. The molecule has 0 saturated carbocycles. The van der Waals surface area contributed by atoms with Crippen molar-refractivity contribution in [2.24, 2.45) is 0 Å². The summed E-state index contributed by atoms with van der Waals surface area (Å²) in [6, 6.07) is 8.48. The minimum absolute atomic E-state index is 0. The van der Waals surface area contributed by atoms with E-state index in [9.17, 15) is 0 Å². The van der Waals surface area contributed by atoms with Gasteiger partial charge in [0.15, 0.2) is 0 Å². The predicted molar refractivity (Wildman–Crippen MR) is 45.9 cm³/mol. The standard InChI is InChI=1S/C8H10.AsH3/c1-7-3-5-8(2)6-4-7;/h3-6H,1-2H3;1H3. The van der Waals surface area contributed by atoms with Gasteiger partial charge in [0.1, 0.15) is 0 Å². The zero-order valence-corrected chi connectivity index (χ0v) is 8.98. The van der Waals surface area contributed by atoms with Gasteiger partial charge in [-0.1, -0.05) is 35.4 Å². The molecule has 0 fully saturated rings. The van der Waals surface area contributed by atoms with Gasteiger partial charge < -0.3 is 0 Å². The average Bonchev–Trinajstić information content (AvgIpc) is 1.77. The van der Waals surface area contributed by atoms with Crippen LogP contribution in [0, 0.1) is 13.8 Å². The Morgan fingerprint density at radius 1 is 0.778 bits per heavy atom. The molecule has 1 aromatic rings. The van der Waals surface area contributed by atoms with Crippen molar-refractivity contribution in [1.29, 1.82) is 0 Å². The topological polar surface area (TPSA) is 0 Å². The molecule has 0 nitrogen and oxygen atoms in total. The second-order valence-corrected chi connectivity index (χ2v) is 2.15. The van der Waals surface area contributed by atoms with E-state index in [1.807, 2.05) is 0 Å². The summed E-state index contributed by atoms with van der Waals surface area (Å²) in [4.78, 5) is 0. The number of hydrogen-bond donors (Lipinski definition) is 0. The van der Waals surface area contributed by atoms with E-state index >= 15 is 0 Å². The Kier molecular flexibility index (Phi) is 3.65. The molecule has 9 heavy (non-hydrogen) atoms. The molecule has 0 aromatic heterocycles. The van der Waals surface area contributed by atoms with Crippen molar-refractivity contribution in [1.82, 2.24) is 0 Å². The molecular weight excluding hydrogens is 171 g/mol. The van der Waals surface area contributed by atoms with Crippen LogP contribution in [0.25, 0.3) is 0 Å². The van der Waals surface area contributed by atoms with Gasteiger partial charge in [-0.05, 0) is 13.8 Å². The third kappa shape index (κ3) is 2.72. The fourth-order valence-electron chi connectivity index (χ4n) is 0.637. The third-order valence-electron chi connectivity index (χ3n) is 1.22. The van der Waals surface area contributed by atoms with Gasteiger partial charge >= 0.3 is 18.0 Å². The monoisotopic (exact) mass is 184 g/mol. The molecular formula is C8H13As. The van der Waals surface area contributed by atoms with E-state index in [-0.39, 0.29) is 18.0 Å². The summed E-state index contributed by atoms with van der Waals surface area (Å²) < 4.78 is 0. The second-order valence-electron chi connectivity index (χ2n) is 2.15. The number of aryl methyl sites for hydroxylation is 2. The maximum absolute atomic E-state index is 2.12. The van der Waals surface area contributed by atoms with Gasteiger partial charge in [-0.3, -0.25) is 0 Å². The molecule has 50 valence electrons. The van der Waals surface area contributed by atoms with Gasteiger partial charge in [-0.2, -0.15) is 0 Å². The third-order valence-corrected chi connectivity index (χ3v) is 1.22. The van der Waals surface area contributed by atoms with Crippen LogP contribution >= 0.6 is 0 Å². The Labute approximate surface area is 67.6 Å². The summed E-state index contributed by atoms with van der Waals surface area (Å²) in [6.07, 6.45) is 0. The Hall–Kier alpha value is -0.222. The van der Waals surface area contributed by atoms with Crippen LogP contribution in [0.2, 0.25) is 0 Å². The summed E-state index contributed by atoms with van der Waals surface area (Å²) in [5, 5.41) is 0. The molecule has 0 radical (unpaired) electrons. The Bertz CT molecular complexity index is 143. The molecule has 0 bridgehead atoms. The molecule has 1 heteroatoms. The van der Waals surface area contributed by atoms with Gasteiger partial charge in [0, 0.05) is 0 Å². The van der Waals surface area contributed by atoms with Crippen molar-refractivity contribution in [3.63, 3.8) is 0 Å². The average molecular weight is 184 g/mol. The second kappa shape index (κ2) is 3.74. The van der Waals surface area contributed by atoms with Crippen LogP contribution in [0.4, 0.5) is 0 Å². The van der Waals surface area contributed by atoms with Crippen LogP contribution in [0.1, 0.15) is 11.1 Å². The molecule has 0 spiro atoms. The minimum atomic E-state index is 0. The van der Waals surface area contributed by atoms with Gasteiger partial charge in [0.25, 0.3) is 0 Å². The Morgan fingerprint density at radius 3 is 1.22 bits per heavy atom. The van der Waals surface area contributed by atoms with Gasteiger partial charge in [0.05, 0.1) is 0 Å². The van der Waals surface area contributed by atoms with Gasteiger partial charge in [-0.15, -0.1) is 0 Å². The molecule has 1 rings (SSSR count). The zero-order chi connectivity index (χ0) is 5.98. The first-order chi connectivity index (χ1) is 3.79. The van der Waals surface area contributed by atoms with E-state index in [0.29, 0.717) is 0 Å². The Morgan fingerprint density at radius 2 is 1.00 bits per heavy atom. The van der Waals surface area contributed by atoms with Crippen LogP contribution < -0.4 is 0 Å². The summed E-state index contributed by atoms with van der Waals surface area (Å²) in [6.45, 7) is 4.19. The quantitative estimate of drug-likeness (QED) is 0.530. The van der Waals surface area contributed by atoms with E-state index in [2.05, 4.69) is 38.1 Å². The van der Waals surface area contributed by atoms with Crippen molar-refractivity contribution >= 4 is 18.0 Å². The van der Waals surface area contributed by atoms with Crippen LogP contribution in [0.5, 0.6) is 0 Å². The van der Waals surface area contributed by atoms with E-state index in [0.717, 1.165) is 0 Å². The van der Waals surface area contributed by atoms with Crippen molar-refractivity contribution in [3.05, 3.63) is 35.4 Å². The summed E-state index contributed by atoms with van der Waals surface area (Å²) >= 11 is 0. The fraction of sp³-hybridized carbons (Fsp3) is 0.250. The predicted octanol–water partition coefficient (Wildman–Crippen LogP) is 1.12. The SMILES string of the molecule is Cc1ccc(C)cc1.[AsH3]. The first-order valence-corrected chi connectivity index (χ1v) is 2.82. The fourth-order valence-corrected chi connectivity index (χ4v) is 0.637. The Balaban J connectivity index is 0.000000640. The van der Waals surface area contributed by atoms with Crippen LogP contribution in [-0.2, 0) is 0 Å². The maximum atomic E-state index is 2.12. The number of rotatable bonds is 0. The van der Waals surface area contributed by atoms with Crippen LogP contribution in [0.15, 0.2) is 24.3 Å². The van der Waals surface area contributed by atoms with Crippen molar-refractivity contribution in [3.8, 4) is 0 Å². The first kappa shape index (κ1) is 8.78. The van der Waals surface area contributed by atoms with Crippen molar-refractivity contribution in [2.75, 3.05) is 0 Å².